The van der Waals surface area contributed by atoms with Gasteiger partial charge in [0.05, 0.1) is 0 Å². The van der Waals surface area contributed by atoms with Crippen LogP contribution in [0.5, 0.6) is 0 Å². The third kappa shape index (κ3) is 7.10. The van der Waals surface area contributed by atoms with E-state index in [1.807, 2.05) is 20.8 Å². The lowest BCUT2D eigenvalue weighted by Gasteiger charge is -2.35. The van der Waals surface area contributed by atoms with E-state index in [4.69, 9.17) is 4.74 Å². The van der Waals surface area contributed by atoms with Crippen LogP contribution in [0.2, 0.25) is 0 Å². The van der Waals surface area contributed by atoms with Gasteiger partial charge in [-0.1, -0.05) is 0 Å². The lowest BCUT2D eigenvalue weighted by Crippen LogP contribution is -2.46. The molecule has 0 spiro atoms. The van der Waals surface area contributed by atoms with Crippen molar-refractivity contribution in [3.05, 3.63) is 0 Å². The summed E-state index contributed by atoms with van der Waals surface area (Å²) in [6.45, 7) is 10.6. The van der Waals surface area contributed by atoms with Gasteiger partial charge in [-0.05, 0) is 67.1 Å². The van der Waals surface area contributed by atoms with E-state index in [2.05, 4.69) is 29.5 Å². The van der Waals surface area contributed by atoms with Gasteiger partial charge in [-0.25, -0.2) is 4.79 Å². The largest absolute Gasteiger partial charge is 0.444 e. The Balaban J connectivity index is 2.04. The third-order valence-electron chi connectivity index (χ3n) is 3.66. The zero-order chi connectivity index (χ0) is 15.2. The Hall–Kier alpha value is -0.810. The van der Waals surface area contributed by atoms with E-state index in [9.17, 15) is 4.79 Å². The van der Waals surface area contributed by atoms with Crippen LogP contribution in [0.25, 0.3) is 0 Å². The van der Waals surface area contributed by atoms with Crippen LogP contribution in [0, 0.1) is 0 Å². The standard InChI is InChI=1S/C15H31N3O2/c1-12-11-13(7-10-18(12)5)16-8-6-9-17-14(19)20-15(2,3)4/h12-13,16H,6-11H2,1-5H3,(H,17,19). The zero-order valence-electron chi connectivity index (χ0n) is 13.7. The molecule has 0 radical (unpaired) electrons. The molecule has 20 heavy (non-hydrogen) atoms. The van der Waals surface area contributed by atoms with Crippen molar-refractivity contribution in [2.45, 2.75) is 64.6 Å². The molecule has 1 amide bonds. The zero-order valence-corrected chi connectivity index (χ0v) is 13.7. The molecule has 118 valence electrons. The molecule has 0 saturated carbocycles. The van der Waals surface area contributed by atoms with E-state index < -0.39 is 5.60 Å². The molecular weight excluding hydrogens is 254 g/mol. The minimum Gasteiger partial charge on any atom is -0.444 e. The fraction of sp³-hybridized carbons (Fsp3) is 0.933. The molecule has 1 rings (SSSR count). The van der Waals surface area contributed by atoms with E-state index in [1.165, 1.54) is 12.8 Å². The van der Waals surface area contributed by atoms with Crippen LogP contribution >= 0.6 is 0 Å². The van der Waals surface area contributed by atoms with E-state index in [0.29, 0.717) is 18.6 Å². The first kappa shape index (κ1) is 17.2. The van der Waals surface area contributed by atoms with Crippen LogP contribution in [0.4, 0.5) is 4.79 Å². The van der Waals surface area contributed by atoms with Crippen LogP contribution in [0.15, 0.2) is 0 Å². The first-order chi connectivity index (χ1) is 9.28. The SMILES string of the molecule is CC1CC(NCCCNC(=O)OC(C)(C)C)CCN1C. The fourth-order valence-electron chi connectivity index (χ4n) is 2.37. The number of amides is 1. The lowest BCUT2D eigenvalue weighted by atomic mass is 9.99. The monoisotopic (exact) mass is 285 g/mol. The summed E-state index contributed by atoms with van der Waals surface area (Å²) >= 11 is 0. The Kier molecular flexibility index (Phi) is 6.76. The third-order valence-corrected chi connectivity index (χ3v) is 3.66. The van der Waals surface area contributed by atoms with Gasteiger partial charge < -0.3 is 20.3 Å². The molecule has 0 aromatic heterocycles. The predicted octanol–water partition coefficient (Wildman–Crippen LogP) is 1.97. The van der Waals surface area contributed by atoms with Crippen molar-refractivity contribution >= 4 is 6.09 Å². The average molecular weight is 285 g/mol. The van der Waals surface area contributed by atoms with E-state index in [1.54, 1.807) is 0 Å². The van der Waals surface area contributed by atoms with E-state index in [-0.39, 0.29) is 6.09 Å². The van der Waals surface area contributed by atoms with Gasteiger partial charge in [-0.15, -0.1) is 0 Å². The second-order valence-corrected chi connectivity index (χ2v) is 6.79. The van der Waals surface area contributed by atoms with Crippen LogP contribution in [0.1, 0.15) is 47.0 Å². The summed E-state index contributed by atoms with van der Waals surface area (Å²) in [7, 11) is 2.19. The first-order valence-corrected chi connectivity index (χ1v) is 7.68. The molecule has 1 heterocycles. The first-order valence-electron chi connectivity index (χ1n) is 7.68. The number of nitrogens with one attached hydrogen (secondary N) is 2. The predicted molar refractivity (Wildman–Crippen MR) is 82.0 cm³/mol. The van der Waals surface area contributed by atoms with Gasteiger partial charge in [0.15, 0.2) is 0 Å². The molecule has 0 aliphatic carbocycles. The van der Waals surface area contributed by atoms with Crippen molar-refractivity contribution in [2.75, 3.05) is 26.7 Å². The van der Waals surface area contributed by atoms with Crippen molar-refractivity contribution in [1.29, 1.82) is 0 Å². The van der Waals surface area contributed by atoms with Gasteiger partial charge in [0.1, 0.15) is 5.60 Å². The Morgan fingerprint density at radius 3 is 2.65 bits per heavy atom. The van der Waals surface area contributed by atoms with Crippen LogP contribution in [-0.2, 0) is 4.74 Å². The van der Waals surface area contributed by atoms with Gasteiger partial charge >= 0.3 is 6.09 Å². The molecule has 0 bridgehead atoms. The molecular formula is C15H31N3O2. The second kappa shape index (κ2) is 7.84. The average Bonchev–Trinajstić information content (AvgIpc) is 2.31. The highest BCUT2D eigenvalue weighted by Crippen LogP contribution is 2.14. The lowest BCUT2D eigenvalue weighted by molar-refractivity contribution is 0.0527. The molecule has 2 N–H and O–H groups in total. The molecule has 2 unspecified atom stereocenters. The number of hydrogen-bond donors (Lipinski definition) is 2. The van der Waals surface area contributed by atoms with Crippen molar-refractivity contribution in [1.82, 2.24) is 15.5 Å². The molecule has 1 fully saturated rings. The Bertz CT molecular complexity index is 302. The van der Waals surface area contributed by atoms with Crippen molar-refractivity contribution in [3.8, 4) is 0 Å². The maximum absolute atomic E-state index is 11.4. The maximum Gasteiger partial charge on any atom is 0.407 e. The summed E-state index contributed by atoms with van der Waals surface area (Å²) < 4.78 is 5.18. The summed E-state index contributed by atoms with van der Waals surface area (Å²) in [6.07, 6.45) is 3.02. The highest BCUT2D eigenvalue weighted by Gasteiger charge is 2.21. The number of carbonyl (C=O) groups is 1. The number of carbonyl (C=O) groups excluding carboxylic acids is 1. The Labute approximate surface area is 123 Å². The topological polar surface area (TPSA) is 53.6 Å². The number of ether oxygens (including phenoxy) is 1. The molecule has 2 atom stereocenters. The summed E-state index contributed by atoms with van der Waals surface area (Å²) in [5.74, 6) is 0. The van der Waals surface area contributed by atoms with Crippen molar-refractivity contribution in [2.24, 2.45) is 0 Å². The number of rotatable bonds is 5. The maximum atomic E-state index is 11.4. The van der Waals surface area contributed by atoms with Gasteiger partial charge in [-0.3, -0.25) is 0 Å². The highest BCUT2D eigenvalue weighted by molar-refractivity contribution is 5.67. The molecule has 1 aliphatic rings. The van der Waals surface area contributed by atoms with Gasteiger partial charge in [-0.2, -0.15) is 0 Å². The smallest absolute Gasteiger partial charge is 0.407 e. The summed E-state index contributed by atoms with van der Waals surface area (Å²) in [5.41, 5.74) is -0.424. The fourth-order valence-corrected chi connectivity index (χ4v) is 2.37. The van der Waals surface area contributed by atoms with Gasteiger partial charge in [0.25, 0.3) is 0 Å². The molecule has 0 aromatic carbocycles. The second-order valence-electron chi connectivity index (χ2n) is 6.79. The minimum atomic E-state index is -0.424. The quantitative estimate of drug-likeness (QED) is 0.758. The van der Waals surface area contributed by atoms with Crippen molar-refractivity contribution < 1.29 is 9.53 Å². The Morgan fingerprint density at radius 2 is 2.05 bits per heavy atom. The number of alkyl carbamates (subject to hydrolysis) is 1. The molecule has 0 aromatic rings. The number of hydrogen-bond acceptors (Lipinski definition) is 4. The van der Waals surface area contributed by atoms with Crippen LogP contribution in [-0.4, -0.2) is 55.4 Å². The van der Waals surface area contributed by atoms with Gasteiger partial charge in [0, 0.05) is 18.6 Å². The van der Waals surface area contributed by atoms with Crippen LogP contribution in [0.3, 0.4) is 0 Å². The Morgan fingerprint density at radius 1 is 1.35 bits per heavy atom. The highest BCUT2D eigenvalue weighted by atomic mass is 16.6. The van der Waals surface area contributed by atoms with Gasteiger partial charge in [0.2, 0.25) is 0 Å². The molecule has 5 nitrogen and oxygen atoms in total. The number of likely N-dealkylation sites (tertiary alicyclic amines) is 1. The van der Waals surface area contributed by atoms with E-state index in [0.717, 1.165) is 19.5 Å². The molecule has 1 aliphatic heterocycles. The summed E-state index contributed by atoms with van der Waals surface area (Å²) in [6, 6.07) is 1.27. The molecule has 1 saturated heterocycles. The molecule has 5 heteroatoms. The number of nitrogens with zero attached hydrogens (tertiary/aromatic N) is 1. The normalized spacial score (nSPS) is 24.4. The van der Waals surface area contributed by atoms with Crippen LogP contribution < -0.4 is 10.6 Å². The number of piperidine rings is 1. The van der Waals surface area contributed by atoms with Crippen molar-refractivity contribution in [3.63, 3.8) is 0 Å². The summed E-state index contributed by atoms with van der Waals surface area (Å²) in [4.78, 5) is 13.8. The minimum absolute atomic E-state index is 0.328. The van der Waals surface area contributed by atoms with E-state index >= 15 is 0 Å². The summed E-state index contributed by atoms with van der Waals surface area (Å²) in [5, 5.41) is 6.36.